The molecule has 0 bridgehead atoms. The Morgan fingerprint density at radius 1 is 1.39 bits per heavy atom. The summed E-state index contributed by atoms with van der Waals surface area (Å²) < 4.78 is 5.08. The number of rotatable bonds is 4. The minimum atomic E-state index is -1.39. The molecular formula is C15H14KNO5S. The third kappa shape index (κ3) is 3.13. The summed E-state index contributed by atoms with van der Waals surface area (Å²) in [5, 5.41) is 20.7. The van der Waals surface area contributed by atoms with Gasteiger partial charge in [-0.25, -0.2) is 0 Å². The molecule has 1 N–H and O–H groups in total. The Morgan fingerprint density at radius 2 is 2.00 bits per heavy atom. The zero-order chi connectivity index (χ0) is 16.0. The van der Waals surface area contributed by atoms with E-state index in [1.807, 2.05) is 0 Å². The molecule has 0 aliphatic carbocycles. The number of hydrogen-bond acceptors (Lipinski definition) is 6. The molecule has 3 atom stereocenters. The van der Waals surface area contributed by atoms with Crippen LogP contribution in [0.25, 0.3) is 4.91 Å². The average molecular weight is 359 g/mol. The topological polar surface area (TPSA) is 89.9 Å². The van der Waals surface area contributed by atoms with Crippen LogP contribution in [0.2, 0.25) is 0 Å². The number of nitrogens with zero attached hydrogens (tertiary/aromatic N) is 1. The second kappa shape index (κ2) is 7.26. The SMILES string of the molecule is COc1ccc(C2=C(C(=O)[O-])N3C(=O)[C@H]([C@@H](C)O)[C@H]3S2)cc1.[K+]. The van der Waals surface area contributed by atoms with Crippen LogP contribution < -0.4 is 61.2 Å². The van der Waals surface area contributed by atoms with Crippen molar-refractivity contribution in [3.8, 4) is 5.75 Å². The number of amides is 1. The van der Waals surface area contributed by atoms with Crippen LogP contribution in [0.15, 0.2) is 30.0 Å². The Hall–Kier alpha value is -0.354. The Kier molecular flexibility index (Phi) is 5.99. The zero-order valence-corrected chi connectivity index (χ0v) is 16.9. The number of carboxylic acids is 1. The van der Waals surface area contributed by atoms with Crippen LogP contribution in [0.5, 0.6) is 5.75 Å². The van der Waals surface area contributed by atoms with Gasteiger partial charge in [-0.15, -0.1) is 0 Å². The van der Waals surface area contributed by atoms with E-state index in [9.17, 15) is 19.8 Å². The number of hydrogen-bond donors (Lipinski definition) is 1. The second-order valence-electron chi connectivity index (χ2n) is 5.18. The van der Waals surface area contributed by atoms with Crippen LogP contribution in [-0.4, -0.2) is 40.5 Å². The summed E-state index contributed by atoms with van der Waals surface area (Å²) in [7, 11) is 1.54. The van der Waals surface area contributed by atoms with E-state index in [0.29, 0.717) is 16.2 Å². The number of carboxylic acid groups (broad SMARTS) is 1. The van der Waals surface area contributed by atoms with Crippen molar-refractivity contribution in [2.24, 2.45) is 5.92 Å². The molecule has 1 aromatic rings. The van der Waals surface area contributed by atoms with Crippen LogP contribution in [0.1, 0.15) is 12.5 Å². The fourth-order valence-corrected chi connectivity index (χ4v) is 4.33. The van der Waals surface area contributed by atoms with E-state index in [1.54, 1.807) is 31.4 Å². The van der Waals surface area contributed by atoms with Gasteiger partial charge in [0.1, 0.15) is 11.1 Å². The summed E-state index contributed by atoms with van der Waals surface area (Å²) in [6.45, 7) is 1.53. The van der Waals surface area contributed by atoms with E-state index >= 15 is 0 Å². The number of β-lactam (4-membered cyclic amide) rings is 1. The Balaban J connectivity index is 0.00000192. The molecular weight excluding hydrogens is 345 g/mol. The fourth-order valence-electron chi connectivity index (χ4n) is 2.72. The molecule has 6 nitrogen and oxygen atoms in total. The van der Waals surface area contributed by atoms with Crippen molar-refractivity contribution >= 4 is 28.5 Å². The molecule has 1 saturated heterocycles. The molecule has 8 heteroatoms. The van der Waals surface area contributed by atoms with Crippen molar-refractivity contribution in [1.29, 1.82) is 0 Å². The molecule has 116 valence electrons. The summed E-state index contributed by atoms with van der Waals surface area (Å²) in [4.78, 5) is 25.2. The van der Waals surface area contributed by atoms with Crippen molar-refractivity contribution in [1.82, 2.24) is 4.90 Å². The number of ether oxygens (including phenoxy) is 1. The van der Waals surface area contributed by atoms with Gasteiger partial charge in [0.25, 0.3) is 0 Å². The smallest absolute Gasteiger partial charge is 0.543 e. The summed E-state index contributed by atoms with van der Waals surface area (Å²) in [6, 6.07) is 6.91. The van der Waals surface area contributed by atoms with E-state index in [4.69, 9.17) is 4.74 Å². The van der Waals surface area contributed by atoms with Crippen LogP contribution in [0, 0.1) is 5.92 Å². The molecule has 23 heavy (non-hydrogen) atoms. The third-order valence-electron chi connectivity index (χ3n) is 3.84. The number of methoxy groups -OCH3 is 1. The predicted molar refractivity (Wildman–Crippen MR) is 78.3 cm³/mol. The van der Waals surface area contributed by atoms with Gasteiger partial charge in [-0.1, -0.05) is 23.9 Å². The Morgan fingerprint density at radius 3 is 2.48 bits per heavy atom. The molecule has 2 aliphatic heterocycles. The molecule has 0 unspecified atom stereocenters. The first-order valence-corrected chi connectivity index (χ1v) is 7.61. The fraction of sp³-hybridized carbons (Fsp3) is 0.333. The maximum atomic E-state index is 12.1. The number of aliphatic hydroxyl groups excluding tert-OH is 1. The van der Waals surface area contributed by atoms with Gasteiger partial charge >= 0.3 is 51.4 Å². The standard InChI is InChI=1S/C15H15NO5S.K/c1-7(17)10-13(18)16-11(15(19)20)12(22-14(10)16)8-3-5-9(21-2)6-4-8;/h3-7,10,14,17H,1-2H3,(H,19,20);/q;+1/p-1/t7-,10+,14-;/m1./s1. The van der Waals surface area contributed by atoms with Gasteiger partial charge in [0.05, 0.1) is 30.8 Å². The Bertz CT molecular complexity index is 673. The van der Waals surface area contributed by atoms with Crippen LogP contribution in [0.4, 0.5) is 0 Å². The van der Waals surface area contributed by atoms with Crippen molar-refractivity contribution in [2.45, 2.75) is 18.4 Å². The molecule has 1 amide bonds. The van der Waals surface area contributed by atoms with Gasteiger partial charge in [-0.3, -0.25) is 9.69 Å². The van der Waals surface area contributed by atoms with Gasteiger partial charge in [0.15, 0.2) is 0 Å². The normalized spacial score (nSPS) is 23.8. The summed E-state index contributed by atoms with van der Waals surface area (Å²) in [5.74, 6) is -1.70. The maximum Gasteiger partial charge on any atom is 1.00 e. The summed E-state index contributed by atoms with van der Waals surface area (Å²) in [5.41, 5.74) is 0.554. The van der Waals surface area contributed by atoms with Gasteiger partial charge < -0.3 is 19.7 Å². The van der Waals surface area contributed by atoms with E-state index in [-0.39, 0.29) is 63.0 Å². The second-order valence-corrected chi connectivity index (χ2v) is 6.30. The summed E-state index contributed by atoms with van der Waals surface area (Å²) in [6.07, 6.45) is -0.820. The van der Waals surface area contributed by atoms with E-state index in [0.717, 1.165) is 0 Å². The predicted octanol–water partition coefficient (Wildman–Crippen LogP) is -2.97. The largest absolute Gasteiger partial charge is 1.00 e. The number of aliphatic hydroxyl groups is 1. The number of thioether (sulfide) groups is 1. The molecule has 2 heterocycles. The van der Waals surface area contributed by atoms with Gasteiger partial charge in [0.2, 0.25) is 5.91 Å². The maximum absolute atomic E-state index is 12.1. The van der Waals surface area contributed by atoms with Crippen LogP contribution in [0.3, 0.4) is 0 Å². The van der Waals surface area contributed by atoms with Gasteiger partial charge in [-0.05, 0) is 24.6 Å². The number of carbonyl (C=O) groups excluding carboxylic acids is 2. The zero-order valence-electron chi connectivity index (χ0n) is 13.0. The van der Waals surface area contributed by atoms with Crippen LogP contribution >= 0.6 is 11.8 Å². The van der Waals surface area contributed by atoms with Crippen molar-refractivity contribution in [3.05, 3.63) is 35.5 Å². The van der Waals surface area contributed by atoms with E-state index < -0.39 is 23.4 Å². The molecule has 0 saturated carbocycles. The number of aliphatic carboxylic acids is 1. The minimum Gasteiger partial charge on any atom is -0.543 e. The molecule has 1 aromatic carbocycles. The molecule has 1 fully saturated rings. The monoisotopic (exact) mass is 359 g/mol. The first-order chi connectivity index (χ1) is 10.5. The van der Waals surface area contributed by atoms with E-state index in [1.165, 1.54) is 23.6 Å². The number of fused-ring (bicyclic) bond motifs is 1. The minimum absolute atomic E-state index is 0. The first kappa shape index (κ1) is 19.0. The Labute approximate surface area is 180 Å². The number of benzene rings is 1. The third-order valence-corrected chi connectivity index (χ3v) is 5.25. The van der Waals surface area contributed by atoms with Crippen LogP contribution in [-0.2, 0) is 9.59 Å². The van der Waals surface area contributed by atoms with Gasteiger partial charge in [-0.2, -0.15) is 0 Å². The van der Waals surface area contributed by atoms with Crippen molar-refractivity contribution < 1.29 is 75.9 Å². The first-order valence-electron chi connectivity index (χ1n) is 6.73. The van der Waals surface area contributed by atoms with E-state index in [2.05, 4.69) is 0 Å². The van der Waals surface area contributed by atoms with Crippen molar-refractivity contribution in [2.75, 3.05) is 7.11 Å². The average Bonchev–Trinajstić information content (AvgIpc) is 2.82. The molecule has 0 radical (unpaired) electrons. The summed E-state index contributed by atoms with van der Waals surface area (Å²) >= 11 is 1.27. The molecule has 0 spiro atoms. The molecule has 0 aromatic heterocycles. The molecule has 2 aliphatic rings. The number of carbonyl (C=O) groups is 2. The quantitative estimate of drug-likeness (QED) is 0.456. The van der Waals surface area contributed by atoms with Crippen molar-refractivity contribution in [3.63, 3.8) is 0 Å². The van der Waals surface area contributed by atoms with Gasteiger partial charge in [0, 0.05) is 4.91 Å². The molecule has 3 rings (SSSR count).